The van der Waals surface area contributed by atoms with E-state index in [1.807, 2.05) is 54.6 Å². The summed E-state index contributed by atoms with van der Waals surface area (Å²) in [6.45, 7) is 0. The molecule has 0 aliphatic rings. The molecule has 0 saturated heterocycles. The first-order valence-electron chi connectivity index (χ1n) is 9.55. The Hall–Kier alpha value is -3.12. The van der Waals surface area contributed by atoms with Crippen molar-refractivity contribution in [1.82, 2.24) is 0 Å². The summed E-state index contributed by atoms with van der Waals surface area (Å²) in [5.41, 5.74) is 3.90. The molecular weight excluding hydrogens is 460 g/mol. The maximum Gasteiger partial charge on any atom is 0.204 e. The van der Waals surface area contributed by atoms with Crippen LogP contribution < -0.4 is 23.7 Å². The molecule has 0 radical (unpaired) electrons. The van der Waals surface area contributed by atoms with Crippen molar-refractivity contribution in [2.45, 2.75) is 0 Å². The molecular formula is C25H25BrO5. The first-order valence-corrected chi connectivity index (χ1v) is 10.3. The van der Waals surface area contributed by atoms with Crippen LogP contribution in [0.15, 0.2) is 59.1 Å². The zero-order chi connectivity index (χ0) is 22.4. The van der Waals surface area contributed by atoms with Crippen LogP contribution in [0.1, 0.15) is 16.7 Å². The van der Waals surface area contributed by atoms with Crippen molar-refractivity contribution in [2.24, 2.45) is 0 Å². The van der Waals surface area contributed by atoms with Crippen LogP contribution in [0.25, 0.3) is 11.6 Å². The third-order valence-electron chi connectivity index (χ3n) is 4.89. The third kappa shape index (κ3) is 4.80. The summed E-state index contributed by atoms with van der Waals surface area (Å²) in [5, 5.41) is 0. The number of benzene rings is 3. The van der Waals surface area contributed by atoms with Crippen molar-refractivity contribution >= 4 is 27.6 Å². The van der Waals surface area contributed by atoms with E-state index in [9.17, 15) is 0 Å². The Labute approximate surface area is 191 Å². The predicted molar refractivity (Wildman–Crippen MR) is 127 cm³/mol. The molecule has 0 fully saturated rings. The fraction of sp³-hybridized carbons (Fsp3) is 0.200. The third-order valence-corrected chi connectivity index (χ3v) is 5.67. The average Bonchev–Trinajstić information content (AvgIpc) is 2.82. The van der Waals surface area contributed by atoms with Crippen molar-refractivity contribution in [3.05, 3.63) is 75.8 Å². The lowest BCUT2D eigenvalue weighted by molar-refractivity contribution is 0.323. The summed E-state index contributed by atoms with van der Waals surface area (Å²) in [5.74, 6) is 3.26. The lowest BCUT2D eigenvalue weighted by atomic mass is 9.94. The minimum absolute atomic E-state index is 0.527. The Morgan fingerprint density at radius 1 is 0.677 bits per heavy atom. The van der Waals surface area contributed by atoms with E-state index in [2.05, 4.69) is 22.0 Å². The van der Waals surface area contributed by atoms with Crippen LogP contribution in [0.3, 0.4) is 0 Å². The van der Waals surface area contributed by atoms with Gasteiger partial charge in [-0.25, -0.2) is 0 Å². The van der Waals surface area contributed by atoms with E-state index < -0.39 is 0 Å². The smallest absolute Gasteiger partial charge is 0.204 e. The maximum atomic E-state index is 5.64. The molecule has 0 unspecified atom stereocenters. The maximum absolute atomic E-state index is 5.64. The van der Waals surface area contributed by atoms with E-state index in [1.54, 1.807) is 35.5 Å². The monoisotopic (exact) mass is 484 g/mol. The Bertz CT molecular complexity index is 1060. The molecule has 0 amide bonds. The number of halogens is 1. The summed E-state index contributed by atoms with van der Waals surface area (Å²) < 4.78 is 28.1. The second kappa shape index (κ2) is 10.3. The molecule has 0 heterocycles. The van der Waals surface area contributed by atoms with Crippen molar-refractivity contribution in [1.29, 1.82) is 0 Å². The van der Waals surface area contributed by atoms with Gasteiger partial charge in [-0.15, -0.1) is 0 Å². The largest absolute Gasteiger partial charge is 0.497 e. The molecule has 3 aromatic rings. The Morgan fingerprint density at radius 2 is 1.23 bits per heavy atom. The van der Waals surface area contributed by atoms with Gasteiger partial charge in [0.2, 0.25) is 5.75 Å². The van der Waals surface area contributed by atoms with Gasteiger partial charge in [0, 0.05) is 5.56 Å². The second-order valence-corrected chi connectivity index (χ2v) is 7.36. The van der Waals surface area contributed by atoms with E-state index in [4.69, 9.17) is 23.7 Å². The van der Waals surface area contributed by atoms with Gasteiger partial charge >= 0.3 is 0 Å². The quantitative estimate of drug-likeness (QED) is 0.362. The standard InChI is InChI=1S/C25H25BrO5/c1-27-18-10-6-16(7-11-18)14-20(17-8-12-19(28-2)13-9-17)21-15-22(29-3)24(30-4)25(31-5)23(21)26/h6-15H,1-5H3/b20-14-. The second-order valence-electron chi connectivity index (χ2n) is 6.57. The van der Waals surface area contributed by atoms with Crippen molar-refractivity contribution < 1.29 is 23.7 Å². The zero-order valence-corrected chi connectivity index (χ0v) is 19.8. The average molecular weight is 485 g/mol. The predicted octanol–water partition coefficient (Wildman–Crippen LogP) is 6.08. The number of rotatable bonds is 8. The lowest BCUT2D eigenvalue weighted by Gasteiger charge is -2.19. The van der Waals surface area contributed by atoms with Crippen LogP contribution in [-0.2, 0) is 0 Å². The van der Waals surface area contributed by atoms with Crippen LogP contribution in [0.4, 0.5) is 0 Å². The molecule has 6 heteroatoms. The molecule has 0 saturated carbocycles. The number of ether oxygens (including phenoxy) is 5. The first-order chi connectivity index (χ1) is 15.1. The summed E-state index contributed by atoms with van der Waals surface area (Å²) in [6.07, 6.45) is 2.10. The molecule has 31 heavy (non-hydrogen) atoms. The van der Waals surface area contributed by atoms with E-state index >= 15 is 0 Å². The van der Waals surface area contributed by atoms with E-state index in [-0.39, 0.29) is 0 Å². The number of hydrogen-bond donors (Lipinski definition) is 0. The molecule has 5 nitrogen and oxygen atoms in total. The molecule has 0 aliphatic heterocycles. The molecule has 0 bridgehead atoms. The fourth-order valence-electron chi connectivity index (χ4n) is 3.27. The number of methoxy groups -OCH3 is 5. The van der Waals surface area contributed by atoms with Gasteiger partial charge < -0.3 is 23.7 Å². The summed E-state index contributed by atoms with van der Waals surface area (Å²) in [7, 11) is 8.10. The van der Waals surface area contributed by atoms with E-state index in [0.29, 0.717) is 17.2 Å². The molecule has 0 atom stereocenters. The topological polar surface area (TPSA) is 46.2 Å². The van der Waals surface area contributed by atoms with Crippen LogP contribution in [0.5, 0.6) is 28.7 Å². The number of hydrogen-bond acceptors (Lipinski definition) is 5. The lowest BCUT2D eigenvalue weighted by Crippen LogP contribution is -2.00. The van der Waals surface area contributed by atoms with E-state index in [1.165, 1.54) is 0 Å². The molecule has 3 aromatic carbocycles. The van der Waals surface area contributed by atoms with E-state index in [0.717, 1.165) is 38.2 Å². The van der Waals surface area contributed by atoms with Crippen LogP contribution in [0.2, 0.25) is 0 Å². The highest BCUT2D eigenvalue weighted by Crippen LogP contribution is 2.48. The highest BCUT2D eigenvalue weighted by atomic mass is 79.9. The van der Waals surface area contributed by atoms with Crippen molar-refractivity contribution in [3.63, 3.8) is 0 Å². The molecule has 0 aliphatic carbocycles. The highest BCUT2D eigenvalue weighted by molar-refractivity contribution is 9.10. The van der Waals surface area contributed by atoms with Gasteiger partial charge in [-0.05, 0) is 69.0 Å². The van der Waals surface area contributed by atoms with Gasteiger partial charge in [-0.1, -0.05) is 24.3 Å². The van der Waals surface area contributed by atoms with Crippen molar-refractivity contribution in [3.8, 4) is 28.7 Å². The van der Waals surface area contributed by atoms with Gasteiger partial charge in [0.05, 0.1) is 40.0 Å². The Morgan fingerprint density at radius 3 is 1.71 bits per heavy atom. The van der Waals surface area contributed by atoms with Gasteiger partial charge in [0.1, 0.15) is 11.5 Å². The van der Waals surface area contributed by atoms with Crippen LogP contribution in [0, 0.1) is 0 Å². The molecule has 3 rings (SSSR count). The first kappa shape index (κ1) is 22.6. The van der Waals surface area contributed by atoms with Crippen molar-refractivity contribution in [2.75, 3.05) is 35.5 Å². The molecule has 0 aromatic heterocycles. The Balaban J connectivity index is 2.26. The van der Waals surface area contributed by atoms with Crippen LogP contribution >= 0.6 is 15.9 Å². The normalized spacial score (nSPS) is 11.1. The summed E-state index contributed by atoms with van der Waals surface area (Å²) in [4.78, 5) is 0. The minimum Gasteiger partial charge on any atom is -0.497 e. The fourth-order valence-corrected chi connectivity index (χ4v) is 3.94. The molecule has 0 N–H and O–H groups in total. The van der Waals surface area contributed by atoms with Gasteiger partial charge in [0.15, 0.2) is 11.5 Å². The Kier molecular flexibility index (Phi) is 7.47. The minimum atomic E-state index is 0.527. The summed E-state index contributed by atoms with van der Waals surface area (Å²) >= 11 is 3.71. The zero-order valence-electron chi connectivity index (χ0n) is 18.2. The van der Waals surface area contributed by atoms with Gasteiger partial charge in [0.25, 0.3) is 0 Å². The summed E-state index contributed by atoms with van der Waals surface area (Å²) in [6, 6.07) is 17.7. The SMILES string of the molecule is COc1ccc(/C=C(/c2ccc(OC)cc2)c2cc(OC)c(OC)c(OC)c2Br)cc1. The molecule has 162 valence electrons. The van der Waals surface area contributed by atoms with Gasteiger partial charge in [-0.3, -0.25) is 0 Å². The van der Waals surface area contributed by atoms with Crippen LogP contribution in [-0.4, -0.2) is 35.5 Å². The molecule has 0 spiro atoms. The highest BCUT2D eigenvalue weighted by Gasteiger charge is 2.22. The van der Waals surface area contributed by atoms with Gasteiger partial charge in [-0.2, -0.15) is 0 Å².